The zero-order valence-electron chi connectivity index (χ0n) is 11.9. The minimum absolute atomic E-state index is 0.0535. The summed E-state index contributed by atoms with van der Waals surface area (Å²) >= 11 is 0. The lowest BCUT2D eigenvalue weighted by atomic mass is 10.1. The Hall–Kier alpha value is -2.30. The molecule has 0 saturated carbocycles. The van der Waals surface area contributed by atoms with E-state index >= 15 is 0 Å². The second kappa shape index (κ2) is 6.43. The molecule has 1 saturated heterocycles. The van der Waals surface area contributed by atoms with Crippen LogP contribution in [0.5, 0.6) is 5.75 Å². The molecular formula is C16H19N3O2. The summed E-state index contributed by atoms with van der Waals surface area (Å²) in [5, 5.41) is 4.27. The van der Waals surface area contributed by atoms with Crippen molar-refractivity contribution in [3.05, 3.63) is 48.8 Å². The van der Waals surface area contributed by atoms with Crippen molar-refractivity contribution in [2.75, 3.05) is 19.7 Å². The van der Waals surface area contributed by atoms with Crippen LogP contribution in [0, 0.1) is 0 Å². The largest absolute Gasteiger partial charge is 0.484 e. The maximum absolute atomic E-state index is 12.1. The number of carbonyl (C=O) groups is 1. The van der Waals surface area contributed by atoms with Gasteiger partial charge in [0.15, 0.2) is 6.61 Å². The van der Waals surface area contributed by atoms with Crippen LogP contribution in [0.2, 0.25) is 0 Å². The third-order valence-electron chi connectivity index (χ3n) is 3.82. The lowest BCUT2D eigenvalue weighted by molar-refractivity contribution is -0.134. The third-order valence-corrected chi connectivity index (χ3v) is 3.82. The molecule has 0 unspecified atom stereocenters. The number of ether oxygens (including phenoxy) is 1. The van der Waals surface area contributed by atoms with E-state index in [1.165, 1.54) is 0 Å². The van der Waals surface area contributed by atoms with Gasteiger partial charge in [-0.2, -0.15) is 5.10 Å². The lowest BCUT2D eigenvalue weighted by Gasteiger charge is -2.32. The monoisotopic (exact) mass is 285 g/mol. The summed E-state index contributed by atoms with van der Waals surface area (Å²) in [6.07, 6.45) is 5.67. The molecule has 1 aliphatic heterocycles. The Morgan fingerprint density at radius 1 is 1.19 bits per heavy atom. The molecule has 1 fully saturated rings. The Morgan fingerprint density at radius 2 is 1.95 bits per heavy atom. The Morgan fingerprint density at radius 3 is 2.62 bits per heavy atom. The number of likely N-dealkylation sites (tertiary alicyclic amines) is 1. The number of piperidine rings is 1. The first-order valence-corrected chi connectivity index (χ1v) is 7.27. The van der Waals surface area contributed by atoms with Gasteiger partial charge in [-0.25, -0.2) is 0 Å². The second-order valence-corrected chi connectivity index (χ2v) is 5.20. The van der Waals surface area contributed by atoms with Gasteiger partial charge in [0.05, 0.1) is 6.04 Å². The van der Waals surface area contributed by atoms with Gasteiger partial charge >= 0.3 is 0 Å². The molecular weight excluding hydrogens is 266 g/mol. The molecule has 5 heteroatoms. The van der Waals surface area contributed by atoms with Gasteiger partial charge in [0.2, 0.25) is 0 Å². The maximum atomic E-state index is 12.1. The lowest BCUT2D eigenvalue weighted by Crippen LogP contribution is -2.41. The number of hydrogen-bond donors (Lipinski definition) is 0. The molecule has 0 N–H and O–H groups in total. The molecule has 2 heterocycles. The van der Waals surface area contributed by atoms with Crippen molar-refractivity contribution in [2.45, 2.75) is 18.9 Å². The van der Waals surface area contributed by atoms with Crippen molar-refractivity contribution in [2.24, 2.45) is 0 Å². The predicted molar refractivity (Wildman–Crippen MR) is 79.0 cm³/mol. The molecule has 1 amide bonds. The summed E-state index contributed by atoms with van der Waals surface area (Å²) in [4.78, 5) is 14.0. The van der Waals surface area contributed by atoms with Crippen LogP contribution in [0.1, 0.15) is 18.9 Å². The Balaban J connectivity index is 1.47. The zero-order valence-corrected chi connectivity index (χ0v) is 11.9. The molecule has 0 spiro atoms. The van der Waals surface area contributed by atoms with E-state index in [9.17, 15) is 4.79 Å². The molecule has 3 rings (SSSR count). The first kappa shape index (κ1) is 13.7. The van der Waals surface area contributed by atoms with E-state index in [2.05, 4.69) is 5.10 Å². The van der Waals surface area contributed by atoms with Crippen LogP contribution < -0.4 is 4.74 Å². The van der Waals surface area contributed by atoms with Crippen molar-refractivity contribution >= 4 is 5.91 Å². The zero-order chi connectivity index (χ0) is 14.5. The Bertz CT molecular complexity index is 560. The van der Waals surface area contributed by atoms with Crippen LogP contribution >= 0.6 is 0 Å². The Kier molecular flexibility index (Phi) is 4.19. The minimum Gasteiger partial charge on any atom is -0.484 e. The van der Waals surface area contributed by atoms with E-state index in [1.807, 2.05) is 52.2 Å². The fourth-order valence-electron chi connectivity index (χ4n) is 2.63. The average Bonchev–Trinajstić information content (AvgIpc) is 3.08. The van der Waals surface area contributed by atoms with E-state index in [-0.39, 0.29) is 12.5 Å². The van der Waals surface area contributed by atoms with Crippen molar-refractivity contribution < 1.29 is 9.53 Å². The SMILES string of the molecule is O=C(COc1ccccc1)N1CCC(n2cccn2)CC1. The number of para-hydroxylation sites is 1. The van der Waals surface area contributed by atoms with Crippen LogP contribution in [0.25, 0.3) is 0 Å². The van der Waals surface area contributed by atoms with E-state index in [4.69, 9.17) is 4.74 Å². The Labute approximate surface area is 124 Å². The smallest absolute Gasteiger partial charge is 0.260 e. The van der Waals surface area contributed by atoms with Gasteiger partial charge in [0.25, 0.3) is 5.91 Å². The van der Waals surface area contributed by atoms with Gasteiger partial charge in [0, 0.05) is 25.5 Å². The standard InChI is InChI=1S/C16H19N3O2/c20-16(13-21-15-5-2-1-3-6-15)18-11-7-14(8-12-18)19-10-4-9-17-19/h1-6,9-10,14H,7-8,11-13H2. The summed E-state index contributed by atoms with van der Waals surface area (Å²) in [6.45, 7) is 1.64. The predicted octanol–water partition coefficient (Wildman–Crippen LogP) is 2.13. The number of benzene rings is 1. The third kappa shape index (κ3) is 3.42. The summed E-state index contributed by atoms with van der Waals surface area (Å²) in [7, 11) is 0. The minimum atomic E-state index is 0.0535. The van der Waals surface area contributed by atoms with Gasteiger partial charge in [-0.05, 0) is 31.0 Å². The molecule has 1 aromatic carbocycles. The number of hydrogen-bond acceptors (Lipinski definition) is 3. The summed E-state index contributed by atoms with van der Waals surface area (Å²) in [5.74, 6) is 0.787. The quantitative estimate of drug-likeness (QED) is 0.864. The molecule has 5 nitrogen and oxygen atoms in total. The molecule has 0 atom stereocenters. The van der Waals surface area contributed by atoms with Gasteiger partial charge in [-0.15, -0.1) is 0 Å². The fourth-order valence-corrected chi connectivity index (χ4v) is 2.63. The van der Waals surface area contributed by atoms with Crippen molar-refractivity contribution in [3.8, 4) is 5.75 Å². The highest BCUT2D eigenvalue weighted by Crippen LogP contribution is 2.21. The van der Waals surface area contributed by atoms with Crippen LogP contribution in [0.4, 0.5) is 0 Å². The molecule has 1 aliphatic rings. The molecule has 2 aromatic rings. The number of amides is 1. The average molecular weight is 285 g/mol. The molecule has 0 bridgehead atoms. The van der Waals surface area contributed by atoms with Gasteiger partial charge < -0.3 is 9.64 Å². The first-order chi connectivity index (χ1) is 10.3. The number of rotatable bonds is 4. The van der Waals surface area contributed by atoms with E-state index in [0.29, 0.717) is 6.04 Å². The molecule has 0 aliphatic carbocycles. The summed E-state index contributed by atoms with van der Waals surface area (Å²) in [5.41, 5.74) is 0. The summed E-state index contributed by atoms with van der Waals surface area (Å²) < 4.78 is 7.50. The maximum Gasteiger partial charge on any atom is 0.260 e. The fraction of sp³-hybridized carbons (Fsp3) is 0.375. The van der Waals surface area contributed by atoms with Gasteiger partial charge in [-0.1, -0.05) is 18.2 Å². The number of aromatic nitrogens is 2. The van der Waals surface area contributed by atoms with E-state index in [1.54, 1.807) is 6.20 Å². The number of carbonyl (C=O) groups excluding carboxylic acids is 1. The molecule has 0 radical (unpaired) electrons. The van der Waals surface area contributed by atoms with Crippen LogP contribution in [-0.2, 0) is 4.79 Å². The van der Waals surface area contributed by atoms with Gasteiger partial charge in [-0.3, -0.25) is 9.48 Å². The normalized spacial score (nSPS) is 15.9. The van der Waals surface area contributed by atoms with Gasteiger partial charge in [0.1, 0.15) is 5.75 Å². The highest BCUT2D eigenvalue weighted by molar-refractivity contribution is 5.77. The summed E-state index contributed by atoms with van der Waals surface area (Å²) in [6, 6.07) is 11.8. The van der Waals surface area contributed by atoms with Crippen molar-refractivity contribution in [1.29, 1.82) is 0 Å². The van der Waals surface area contributed by atoms with Crippen LogP contribution in [0.3, 0.4) is 0 Å². The van der Waals surface area contributed by atoms with E-state index < -0.39 is 0 Å². The molecule has 1 aromatic heterocycles. The molecule has 110 valence electrons. The second-order valence-electron chi connectivity index (χ2n) is 5.20. The number of nitrogens with zero attached hydrogens (tertiary/aromatic N) is 3. The highest BCUT2D eigenvalue weighted by Gasteiger charge is 2.24. The topological polar surface area (TPSA) is 47.4 Å². The van der Waals surface area contributed by atoms with Crippen LogP contribution in [0.15, 0.2) is 48.8 Å². The first-order valence-electron chi connectivity index (χ1n) is 7.27. The molecule has 21 heavy (non-hydrogen) atoms. The van der Waals surface area contributed by atoms with Crippen molar-refractivity contribution in [1.82, 2.24) is 14.7 Å². The van der Waals surface area contributed by atoms with E-state index in [0.717, 1.165) is 31.7 Å². The highest BCUT2D eigenvalue weighted by atomic mass is 16.5. The van der Waals surface area contributed by atoms with Crippen molar-refractivity contribution in [3.63, 3.8) is 0 Å². The van der Waals surface area contributed by atoms with Crippen LogP contribution in [-0.4, -0.2) is 40.3 Å².